The summed E-state index contributed by atoms with van der Waals surface area (Å²) in [6.07, 6.45) is 4.41. The standard InChI is InChI=1S/C15H26N2O/c1-4-16-11-14-13(5-10-18-14)12-17-8-6-15(2,3)7-9-17/h5,10,16H,4,6-9,11-12H2,1-3H3. The minimum absolute atomic E-state index is 0.527. The van der Waals surface area contributed by atoms with Crippen LogP contribution in [0.3, 0.4) is 0 Å². The van der Waals surface area contributed by atoms with Gasteiger partial charge in [-0.3, -0.25) is 4.90 Å². The van der Waals surface area contributed by atoms with Crippen LogP contribution in [0.2, 0.25) is 0 Å². The molecule has 0 spiro atoms. The predicted molar refractivity (Wildman–Crippen MR) is 74.4 cm³/mol. The maximum atomic E-state index is 5.56. The second kappa shape index (κ2) is 5.89. The van der Waals surface area contributed by atoms with Crippen molar-refractivity contribution in [1.29, 1.82) is 0 Å². The third-order valence-electron chi connectivity index (χ3n) is 3.98. The van der Waals surface area contributed by atoms with Gasteiger partial charge < -0.3 is 9.73 Å². The lowest BCUT2D eigenvalue weighted by Gasteiger charge is -2.36. The van der Waals surface area contributed by atoms with Gasteiger partial charge in [-0.05, 0) is 44.0 Å². The number of rotatable bonds is 5. The van der Waals surface area contributed by atoms with Crippen molar-refractivity contribution in [3.05, 3.63) is 23.7 Å². The van der Waals surface area contributed by atoms with Crippen LogP contribution in [0.1, 0.15) is 44.9 Å². The Morgan fingerprint density at radius 1 is 1.33 bits per heavy atom. The summed E-state index contributed by atoms with van der Waals surface area (Å²) >= 11 is 0. The highest BCUT2D eigenvalue weighted by Gasteiger charge is 2.25. The Labute approximate surface area is 111 Å². The minimum Gasteiger partial charge on any atom is -0.468 e. The summed E-state index contributed by atoms with van der Waals surface area (Å²) in [5.41, 5.74) is 1.87. The lowest BCUT2D eigenvalue weighted by molar-refractivity contribution is 0.126. The van der Waals surface area contributed by atoms with Gasteiger partial charge in [-0.2, -0.15) is 0 Å². The van der Waals surface area contributed by atoms with Crippen LogP contribution in [-0.2, 0) is 13.1 Å². The van der Waals surface area contributed by atoms with E-state index in [1.54, 1.807) is 0 Å². The Morgan fingerprint density at radius 3 is 2.72 bits per heavy atom. The molecule has 0 aromatic carbocycles. The van der Waals surface area contributed by atoms with Gasteiger partial charge in [0.2, 0.25) is 0 Å². The van der Waals surface area contributed by atoms with Crippen LogP contribution in [0.4, 0.5) is 0 Å². The molecule has 1 aliphatic heterocycles. The number of nitrogens with zero attached hydrogens (tertiary/aromatic N) is 1. The van der Waals surface area contributed by atoms with Crippen LogP contribution in [0.25, 0.3) is 0 Å². The summed E-state index contributed by atoms with van der Waals surface area (Å²) in [6, 6.07) is 2.12. The predicted octanol–water partition coefficient (Wildman–Crippen LogP) is 3.01. The summed E-state index contributed by atoms with van der Waals surface area (Å²) in [5, 5.41) is 3.33. The molecule has 0 radical (unpaired) electrons. The fraction of sp³-hybridized carbons (Fsp3) is 0.733. The highest BCUT2D eigenvalue weighted by atomic mass is 16.3. The van der Waals surface area contributed by atoms with Gasteiger partial charge >= 0.3 is 0 Å². The molecular weight excluding hydrogens is 224 g/mol. The second-order valence-electron chi connectivity index (χ2n) is 6.09. The van der Waals surface area contributed by atoms with Crippen molar-refractivity contribution in [2.45, 2.75) is 46.7 Å². The molecule has 0 aliphatic carbocycles. The van der Waals surface area contributed by atoms with Gasteiger partial charge in [-0.25, -0.2) is 0 Å². The maximum absolute atomic E-state index is 5.56. The molecule has 0 amide bonds. The van der Waals surface area contributed by atoms with Gasteiger partial charge in [0, 0.05) is 12.1 Å². The zero-order chi connectivity index (χ0) is 13.0. The Hall–Kier alpha value is -0.800. The smallest absolute Gasteiger partial charge is 0.122 e. The number of hydrogen-bond donors (Lipinski definition) is 1. The van der Waals surface area contributed by atoms with E-state index >= 15 is 0 Å². The lowest BCUT2D eigenvalue weighted by atomic mass is 9.82. The van der Waals surface area contributed by atoms with E-state index in [4.69, 9.17) is 4.42 Å². The Kier molecular flexibility index (Phi) is 4.46. The molecule has 0 atom stereocenters. The van der Waals surface area contributed by atoms with Crippen molar-refractivity contribution in [1.82, 2.24) is 10.2 Å². The minimum atomic E-state index is 0.527. The van der Waals surface area contributed by atoms with Crippen LogP contribution in [0.5, 0.6) is 0 Å². The van der Waals surface area contributed by atoms with E-state index in [1.807, 2.05) is 6.26 Å². The summed E-state index contributed by atoms with van der Waals surface area (Å²) in [7, 11) is 0. The second-order valence-corrected chi connectivity index (χ2v) is 6.09. The molecule has 1 aliphatic rings. The molecule has 18 heavy (non-hydrogen) atoms. The van der Waals surface area contributed by atoms with E-state index in [0.29, 0.717) is 5.41 Å². The number of nitrogens with one attached hydrogen (secondary N) is 1. The van der Waals surface area contributed by atoms with E-state index in [0.717, 1.165) is 25.4 Å². The molecule has 3 heteroatoms. The van der Waals surface area contributed by atoms with Crippen LogP contribution in [0.15, 0.2) is 16.7 Å². The lowest BCUT2D eigenvalue weighted by Crippen LogP contribution is -2.36. The van der Waals surface area contributed by atoms with Crippen molar-refractivity contribution < 1.29 is 4.42 Å². The maximum Gasteiger partial charge on any atom is 0.122 e. The topological polar surface area (TPSA) is 28.4 Å². The fourth-order valence-electron chi connectivity index (χ4n) is 2.46. The van der Waals surface area contributed by atoms with Gasteiger partial charge in [0.05, 0.1) is 12.8 Å². The zero-order valence-electron chi connectivity index (χ0n) is 12.0. The third kappa shape index (κ3) is 3.59. The van der Waals surface area contributed by atoms with Gasteiger partial charge in [0.15, 0.2) is 0 Å². The van der Waals surface area contributed by atoms with Crippen LogP contribution >= 0.6 is 0 Å². The number of hydrogen-bond acceptors (Lipinski definition) is 3. The average Bonchev–Trinajstić information content (AvgIpc) is 2.77. The Bertz CT molecular complexity index is 360. The molecule has 1 fully saturated rings. The van der Waals surface area contributed by atoms with E-state index < -0.39 is 0 Å². The molecule has 0 unspecified atom stereocenters. The van der Waals surface area contributed by atoms with E-state index in [-0.39, 0.29) is 0 Å². The third-order valence-corrected chi connectivity index (χ3v) is 3.98. The highest BCUT2D eigenvalue weighted by Crippen LogP contribution is 2.30. The molecule has 1 saturated heterocycles. The van der Waals surface area contributed by atoms with Crippen molar-refractivity contribution >= 4 is 0 Å². The average molecular weight is 250 g/mol. The molecule has 3 nitrogen and oxygen atoms in total. The van der Waals surface area contributed by atoms with Crippen LogP contribution < -0.4 is 5.32 Å². The Morgan fingerprint density at radius 2 is 2.06 bits per heavy atom. The summed E-state index contributed by atoms with van der Waals surface area (Å²) in [5.74, 6) is 1.10. The molecule has 0 bridgehead atoms. The van der Waals surface area contributed by atoms with Crippen LogP contribution in [0, 0.1) is 5.41 Å². The molecule has 1 aromatic heterocycles. The van der Waals surface area contributed by atoms with E-state index in [1.165, 1.54) is 31.5 Å². The van der Waals surface area contributed by atoms with Crippen molar-refractivity contribution in [3.8, 4) is 0 Å². The molecular formula is C15H26N2O. The molecule has 1 N–H and O–H groups in total. The first-order valence-corrected chi connectivity index (χ1v) is 7.09. The molecule has 0 saturated carbocycles. The number of likely N-dealkylation sites (tertiary alicyclic amines) is 1. The van der Waals surface area contributed by atoms with Crippen molar-refractivity contribution in [2.24, 2.45) is 5.41 Å². The van der Waals surface area contributed by atoms with Gasteiger partial charge in [0.25, 0.3) is 0 Å². The highest BCUT2D eigenvalue weighted by molar-refractivity contribution is 5.17. The largest absolute Gasteiger partial charge is 0.468 e. The van der Waals surface area contributed by atoms with Gasteiger partial charge in [-0.15, -0.1) is 0 Å². The number of furan rings is 1. The van der Waals surface area contributed by atoms with E-state index in [2.05, 4.69) is 37.1 Å². The summed E-state index contributed by atoms with van der Waals surface area (Å²) < 4.78 is 5.56. The number of piperidine rings is 1. The quantitative estimate of drug-likeness (QED) is 0.871. The van der Waals surface area contributed by atoms with Crippen LogP contribution in [-0.4, -0.2) is 24.5 Å². The first-order valence-electron chi connectivity index (χ1n) is 7.09. The molecule has 2 rings (SSSR count). The SMILES string of the molecule is CCNCc1occc1CN1CCC(C)(C)CC1. The van der Waals surface area contributed by atoms with Crippen molar-refractivity contribution in [3.63, 3.8) is 0 Å². The Balaban J connectivity index is 1.88. The monoisotopic (exact) mass is 250 g/mol. The van der Waals surface area contributed by atoms with E-state index in [9.17, 15) is 0 Å². The summed E-state index contributed by atoms with van der Waals surface area (Å²) in [6.45, 7) is 12.1. The zero-order valence-corrected chi connectivity index (χ0v) is 12.0. The molecule has 1 aromatic rings. The van der Waals surface area contributed by atoms with Gasteiger partial charge in [-0.1, -0.05) is 20.8 Å². The molecule has 2 heterocycles. The van der Waals surface area contributed by atoms with Crippen molar-refractivity contribution in [2.75, 3.05) is 19.6 Å². The fourth-order valence-corrected chi connectivity index (χ4v) is 2.46. The molecule has 102 valence electrons. The first-order chi connectivity index (χ1) is 8.61. The van der Waals surface area contributed by atoms with Gasteiger partial charge in [0.1, 0.15) is 5.76 Å². The summed E-state index contributed by atoms with van der Waals surface area (Å²) in [4.78, 5) is 2.55. The first kappa shape index (κ1) is 13.6. The normalized spacial score (nSPS) is 20.2.